The van der Waals surface area contributed by atoms with E-state index in [-0.39, 0.29) is 0 Å². The Morgan fingerprint density at radius 3 is 2.76 bits per heavy atom. The smallest absolute Gasteiger partial charge is 0.227 e. The van der Waals surface area contributed by atoms with Crippen molar-refractivity contribution in [3.05, 3.63) is 12.2 Å². The van der Waals surface area contributed by atoms with Crippen molar-refractivity contribution in [1.29, 1.82) is 0 Å². The van der Waals surface area contributed by atoms with Gasteiger partial charge >= 0.3 is 0 Å². The van der Waals surface area contributed by atoms with Gasteiger partial charge in [-0.1, -0.05) is 5.16 Å². The van der Waals surface area contributed by atoms with E-state index in [1.165, 1.54) is 32.0 Å². The van der Waals surface area contributed by atoms with Crippen molar-refractivity contribution in [3.63, 3.8) is 0 Å². The van der Waals surface area contributed by atoms with Gasteiger partial charge < -0.3 is 9.84 Å². The third kappa shape index (κ3) is 2.21. The molecule has 2 unspecified atom stereocenters. The number of piperidine rings is 1. The molecule has 2 atom stereocenters. The van der Waals surface area contributed by atoms with E-state index in [2.05, 4.69) is 27.4 Å². The van der Waals surface area contributed by atoms with Crippen LogP contribution in [0.3, 0.4) is 0 Å². The average Bonchev–Trinajstić information content (AvgIpc) is 2.93. The van der Waals surface area contributed by atoms with E-state index in [9.17, 15) is 0 Å². The zero-order chi connectivity index (χ0) is 11.7. The van der Waals surface area contributed by atoms with E-state index < -0.39 is 0 Å². The average molecular weight is 236 g/mol. The highest BCUT2D eigenvalue weighted by Gasteiger charge is 2.39. The molecular weight excluding hydrogens is 216 g/mol. The quantitative estimate of drug-likeness (QED) is 0.839. The van der Waals surface area contributed by atoms with Crippen molar-refractivity contribution in [2.24, 2.45) is 0 Å². The SMILES string of the molecule is CNC1CC2CCC(C1)N2CCc1ncno1. The number of aromatic nitrogens is 2. The van der Waals surface area contributed by atoms with Crippen LogP contribution in [0.5, 0.6) is 0 Å². The number of rotatable bonds is 4. The second kappa shape index (κ2) is 4.74. The molecule has 17 heavy (non-hydrogen) atoms. The molecule has 2 saturated heterocycles. The third-order valence-corrected chi connectivity index (χ3v) is 4.28. The number of hydrogen-bond acceptors (Lipinski definition) is 5. The molecule has 0 radical (unpaired) electrons. The lowest BCUT2D eigenvalue weighted by molar-refractivity contribution is 0.118. The lowest BCUT2D eigenvalue weighted by atomic mass is 9.97. The molecule has 0 saturated carbocycles. The van der Waals surface area contributed by atoms with Crippen molar-refractivity contribution < 1.29 is 4.52 Å². The van der Waals surface area contributed by atoms with Crippen LogP contribution in [0.1, 0.15) is 31.6 Å². The maximum absolute atomic E-state index is 5.06. The molecule has 1 aromatic heterocycles. The lowest BCUT2D eigenvalue weighted by Crippen LogP contribution is -2.48. The summed E-state index contributed by atoms with van der Waals surface area (Å²) in [5, 5.41) is 7.08. The van der Waals surface area contributed by atoms with Gasteiger partial charge in [0.15, 0.2) is 6.33 Å². The number of nitrogens with zero attached hydrogens (tertiary/aromatic N) is 3. The van der Waals surface area contributed by atoms with Gasteiger partial charge in [-0.25, -0.2) is 0 Å². The number of nitrogens with one attached hydrogen (secondary N) is 1. The Hall–Kier alpha value is -0.940. The van der Waals surface area contributed by atoms with Gasteiger partial charge in [0.1, 0.15) is 0 Å². The van der Waals surface area contributed by atoms with Crippen molar-refractivity contribution in [1.82, 2.24) is 20.4 Å². The zero-order valence-electron chi connectivity index (χ0n) is 10.3. The molecule has 0 aliphatic carbocycles. The zero-order valence-corrected chi connectivity index (χ0v) is 10.3. The summed E-state index contributed by atoms with van der Waals surface area (Å²) in [5.74, 6) is 0.764. The Morgan fingerprint density at radius 1 is 1.41 bits per heavy atom. The molecule has 0 aromatic carbocycles. The second-order valence-corrected chi connectivity index (χ2v) is 5.16. The minimum Gasteiger partial charge on any atom is -0.340 e. The van der Waals surface area contributed by atoms with Gasteiger partial charge in [-0.3, -0.25) is 4.90 Å². The van der Waals surface area contributed by atoms with Gasteiger partial charge in [0.25, 0.3) is 0 Å². The van der Waals surface area contributed by atoms with E-state index >= 15 is 0 Å². The molecule has 0 spiro atoms. The Kier molecular flexibility index (Phi) is 3.11. The van der Waals surface area contributed by atoms with Gasteiger partial charge in [0.05, 0.1) is 0 Å². The summed E-state index contributed by atoms with van der Waals surface area (Å²) in [4.78, 5) is 6.74. The molecule has 1 N–H and O–H groups in total. The Labute approximate surface area is 102 Å². The first kappa shape index (κ1) is 11.2. The molecule has 2 aliphatic heterocycles. The molecule has 2 fully saturated rings. The van der Waals surface area contributed by atoms with Gasteiger partial charge in [-0.15, -0.1) is 0 Å². The van der Waals surface area contributed by atoms with Crippen LogP contribution >= 0.6 is 0 Å². The van der Waals surface area contributed by atoms with Gasteiger partial charge in [-0.05, 0) is 32.7 Å². The van der Waals surface area contributed by atoms with Crippen LogP contribution in [0.25, 0.3) is 0 Å². The maximum atomic E-state index is 5.06. The van der Waals surface area contributed by atoms with Gasteiger partial charge in [-0.2, -0.15) is 4.98 Å². The normalized spacial score (nSPS) is 33.1. The van der Waals surface area contributed by atoms with E-state index in [1.807, 2.05) is 0 Å². The summed E-state index contributed by atoms with van der Waals surface area (Å²) >= 11 is 0. The molecule has 2 bridgehead atoms. The molecule has 5 nitrogen and oxygen atoms in total. The third-order valence-electron chi connectivity index (χ3n) is 4.28. The number of fused-ring (bicyclic) bond motifs is 2. The largest absolute Gasteiger partial charge is 0.340 e. The highest BCUT2D eigenvalue weighted by molar-refractivity contribution is 4.97. The summed E-state index contributed by atoms with van der Waals surface area (Å²) in [6, 6.07) is 2.23. The predicted octanol–water partition coefficient (Wildman–Crippen LogP) is 0.827. The summed E-state index contributed by atoms with van der Waals surface area (Å²) in [5.41, 5.74) is 0. The standard InChI is InChI=1S/C12H20N4O/c1-13-9-6-10-2-3-11(7-9)16(10)5-4-12-14-8-15-17-12/h8-11,13H,2-7H2,1H3. The first-order chi connectivity index (χ1) is 8.36. The van der Waals surface area contributed by atoms with Crippen LogP contribution < -0.4 is 5.32 Å². The first-order valence-corrected chi connectivity index (χ1v) is 6.55. The Balaban J connectivity index is 1.58. The summed E-state index contributed by atoms with van der Waals surface area (Å²) in [6.45, 7) is 1.06. The van der Waals surface area contributed by atoms with E-state index in [0.29, 0.717) is 6.04 Å². The molecule has 0 amide bonds. The molecular formula is C12H20N4O. The molecule has 94 valence electrons. The highest BCUT2D eigenvalue weighted by atomic mass is 16.5. The van der Waals surface area contributed by atoms with Crippen LogP contribution in [0.2, 0.25) is 0 Å². The Morgan fingerprint density at radius 2 is 2.18 bits per heavy atom. The van der Waals surface area contributed by atoms with Crippen LogP contribution in [-0.2, 0) is 6.42 Å². The second-order valence-electron chi connectivity index (χ2n) is 5.16. The summed E-state index contributed by atoms with van der Waals surface area (Å²) in [6.07, 6.45) is 7.65. The highest BCUT2D eigenvalue weighted by Crippen LogP contribution is 2.35. The van der Waals surface area contributed by atoms with Crippen LogP contribution in [0.15, 0.2) is 10.9 Å². The fraction of sp³-hybridized carbons (Fsp3) is 0.833. The maximum Gasteiger partial charge on any atom is 0.227 e. The van der Waals surface area contributed by atoms with Crippen molar-refractivity contribution in [3.8, 4) is 0 Å². The monoisotopic (exact) mass is 236 g/mol. The van der Waals surface area contributed by atoms with Crippen molar-refractivity contribution in [2.75, 3.05) is 13.6 Å². The van der Waals surface area contributed by atoms with E-state index in [1.54, 1.807) is 0 Å². The fourth-order valence-electron chi connectivity index (χ4n) is 3.41. The van der Waals surface area contributed by atoms with Gasteiger partial charge in [0, 0.05) is 31.1 Å². The topological polar surface area (TPSA) is 54.2 Å². The van der Waals surface area contributed by atoms with E-state index in [4.69, 9.17) is 4.52 Å². The fourth-order valence-corrected chi connectivity index (χ4v) is 3.41. The molecule has 2 aliphatic rings. The summed E-state index contributed by atoms with van der Waals surface area (Å²) < 4.78 is 5.06. The van der Waals surface area contributed by atoms with Crippen LogP contribution in [0, 0.1) is 0 Å². The molecule has 3 rings (SSSR count). The molecule has 3 heterocycles. The van der Waals surface area contributed by atoms with Gasteiger partial charge in [0.2, 0.25) is 5.89 Å². The molecule has 1 aromatic rings. The van der Waals surface area contributed by atoms with Crippen LogP contribution in [0.4, 0.5) is 0 Å². The van der Waals surface area contributed by atoms with Crippen molar-refractivity contribution >= 4 is 0 Å². The van der Waals surface area contributed by atoms with Crippen molar-refractivity contribution in [2.45, 2.75) is 50.2 Å². The summed E-state index contributed by atoms with van der Waals surface area (Å²) in [7, 11) is 2.08. The Bertz CT molecular complexity index is 339. The van der Waals surface area contributed by atoms with E-state index in [0.717, 1.165) is 30.9 Å². The minimum absolute atomic E-state index is 0.715. The lowest BCUT2D eigenvalue weighted by Gasteiger charge is -2.38. The van der Waals surface area contributed by atoms with Crippen LogP contribution in [-0.4, -0.2) is 46.8 Å². The predicted molar refractivity (Wildman–Crippen MR) is 63.6 cm³/mol. The minimum atomic E-state index is 0.715. The number of hydrogen-bond donors (Lipinski definition) is 1. The first-order valence-electron chi connectivity index (χ1n) is 6.55. The molecule has 5 heteroatoms.